The molecule has 2 saturated heterocycles. The minimum atomic E-state index is -0.438. The molecule has 4 amide bonds. The number of carbonyl (C=O) groups excluding carboxylic acids is 4. The van der Waals surface area contributed by atoms with Crippen molar-refractivity contribution in [2.75, 3.05) is 19.9 Å². The maximum atomic E-state index is 12.8. The topological polar surface area (TPSA) is 78.0 Å². The van der Waals surface area contributed by atoms with Crippen molar-refractivity contribution >= 4 is 46.8 Å². The van der Waals surface area contributed by atoms with Gasteiger partial charge in [-0.2, -0.15) is 0 Å². The van der Waals surface area contributed by atoms with E-state index in [4.69, 9.17) is 23.2 Å². The summed E-state index contributed by atoms with van der Waals surface area (Å²) in [7, 11) is 0. The Kier molecular flexibility index (Phi) is 5.88. The van der Waals surface area contributed by atoms with Gasteiger partial charge in [-0.1, -0.05) is 41.4 Å². The molecule has 7 nitrogen and oxygen atoms in total. The zero-order chi connectivity index (χ0) is 21.6. The lowest BCUT2D eigenvalue weighted by Gasteiger charge is -2.29. The van der Waals surface area contributed by atoms with Crippen LogP contribution in [0.3, 0.4) is 0 Å². The molecule has 0 aromatic heterocycles. The van der Waals surface area contributed by atoms with E-state index >= 15 is 0 Å². The van der Waals surface area contributed by atoms with Crippen molar-refractivity contribution in [3.8, 4) is 0 Å². The van der Waals surface area contributed by atoms with Gasteiger partial charge in [-0.05, 0) is 25.7 Å². The van der Waals surface area contributed by atoms with Crippen molar-refractivity contribution in [1.82, 2.24) is 14.7 Å². The van der Waals surface area contributed by atoms with E-state index in [1.54, 1.807) is 23.1 Å². The number of hydrogen-bond donors (Lipinski definition) is 0. The second-order valence-corrected chi connectivity index (χ2v) is 9.21. The van der Waals surface area contributed by atoms with Crippen molar-refractivity contribution in [2.45, 2.75) is 25.7 Å². The van der Waals surface area contributed by atoms with Gasteiger partial charge in [-0.3, -0.25) is 33.9 Å². The number of likely N-dealkylation sites (tertiary alicyclic amines) is 2. The standard InChI is InChI=1S/C21H23Cl2N3O4/c1-2-7-24(10-25-18(27)14-5-3-12(22)8-16(14)20(25)29)11-26-19(28)15-6-4-13(23)9-17(15)21(26)30/h2-4,14-17H,1,5-11H2/t14-,15+,16-,17-/m0/s1. The zero-order valence-corrected chi connectivity index (χ0v) is 17.9. The number of fused-ring (bicyclic) bond motifs is 2. The summed E-state index contributed by atoms with van der Waals surface area (Å²) >= 11 is 12.2. The van der Waals surface area contributed by atoms with E-state index < -0.39 is 23.7 Å². The molecule has 2 fully saturated rings. The first-order valence-corrected chi connectivity index (χ1v) is 10.8. The number of hydrogen-bond acceptors (Lipinski definition) is 5. The van der Waals surface area contributed by atoms with Gasteiger partial charge in [-0.25, -0.2) is 0 Å². The quantitative estimate of drug-likeness (QED) is 0.457. The molecule has 0 N–H and O–H groups in total. The average molecular weight is 452 g/mol. The average Bonchev–Trinajstić information content (AvgIpc) is 3.08. The molecular weight excluding hydrogens is 429 g/mol. The van der Waals surface area contributed by atoms with E-state index in [0.717, 1.165) is 0 Å². The van der Waals surface area contributed by atoms with Crippen molar-refractivity contribution in [2.24, 2.45) is 23.7 Å². The first-order valence-electron chi connectivity index (χ1n) is 10.0. The van der Waals surface area contributed by atoms with Gasteiger partial charge in [0.05, 0.1) is 37.0 Å². The fourth-order valence-electron chi connectivity index (χ4n) is 4.81. The van der Waals surface area contributed by atoms with Crippen LogP contribution in [0.2, 0.25) is 0 Å². The van der Waals surface area contributed by atoms with Crippen LogP contribution in [0.25, 0.3) is 0 Å². The maximum Gasteiger partial charge on any atom is 0.234 e. The Morgan fingerprint density at radius 2 is 1.23 bits per heavy atom. The third-order valence-corrected chi connectivity index (χ3v) is 7.01. The molecule has 0 spiro atoms. The van der Waals surface area contributed by atoms with Gasteiger partial charge in [0.1, 0.15) is 0 Å². The molecule has 30 heavy (non-hydrogen) atoms. The largest absolute Gasteiger partial charge is 0.274 e. The minimum absolute atomic E-state index is 0.000292. The molecule has 0 unspecified atom stereocenters. The lowest BCUT2D eigenvalue weighted by molar-refractivity contribution is -0.145. The number of halogens is 2. The zero-order valence-electron chi connectivity index (χ0n) is 16.4. The van der Waals surface area contributed by atoms with Crippen LogP contribution in [0.1, 0.15) is 25.7 Å². The van der Waals surface area contributed by atoms with Gasteiger partial charge < -0.3 is 0 Å². The van der Waals surface area contributed by atoms with E-state index in [1.807, 2.05) is 0 Å². The number of carbonyl (C=O) groups is 4. The van der Waals surface area contributed by atoms with Gasteiger partial charge in [0.25, 0.3) is 0 Å². The van der Waals surface area contributed by atoms with Crippen LogP contribution in [0.15, 0.2) is 34.9 Å². The Balaban J connectivity index is 1.47. The molecule has 4 aliphatic rings. The normalized spacial score (nSPS) is 31.2. The summed E-state index contributed by atoms with van der Waals surface area (Å²) in [5, 5.41) is 1.20. The molecule has 4 rings (SSSR count). The van der Waals surface area contributed by atoms with Crippen LogP contribution >= 0.6 is 23.2 Å². The van der Waals surface area contributed by atoms with Crippen molar-refractivity contribution in [3.05, 3.63) is 34.9 Å². The third-order valence-electron chi connectivity index (χ3n) is 6.39. The highest BCUT2D eigenvalue weighted by Gasteiger charge is 2.50. The fourth-order valence-corrected chi connectivity index (χ4v) is 5.32. The van der Waals surface area contributed by atoms with E-state index in [0.29, 0.717) is 42.3 Å². The summed E-state index contributed by atoms with van der Waals surface area (Å²) in [6.45, 7) is 4.04. The first kappa shape index (κ1) is 21.3. The van der Waals surface area contributed by atoms with E-state index in [-0.39, 0.29) is 37.0 Å². The van der Waals surface area contributed by atoms with Gasteiger partial charge in [0, 0.05) is 16.6 Å². The first-order chi connectivity index (χ1) is 14.3. The molecule has 2 aliphatic heterocycles. The second-order valence-electron chi connectivity index (χ2n) is 8.24. The third kappa shape index (κ3) is 3.63. The van der Waals surface area contributed by atoms with E-state index in [2.05, 4.69) is 6.58 Å². The van der Waals surface area contributed by atoms with Crippen LogP contribution in [-0.2, 0) is 19.2 Å². The molecular formula is C21H23Cl2N3O4. The second kappa shape index (κ2) is 8.29. The van der Waals surface area contributed by atoms with Crippen LogP contribution in [0, 0.1) is 23.7 Å². The van der Waals surface area contributed by atoms with Crippen molar-refractivity contribution in [3.63, 3.8) is 0 Å². The van der Waals surface area contributed by atoms with Crippen LogP contribution in [0.4, 0.5) is 0 Å². The summed E-state index contributed by atoms with van der Waals surface area (Å²) in [5.74, 6) is -2.64. The lowest BCUT2D eigenvalue weighted by Crippen LogP contribution is -2.48. The van der Waals surface area contributed by atoms with Crippen molar-refractivity contribution < 1.29 is 19.2 Å². The SMILES string of the molecule is C=CCN(CN1C(=O)[C@H]2CC=C(Cl)C[C@@H]2C1=O)CN1C(=O)[C@H]2CC(Cl)=CC[C@H]2C1=O. The van der Waals surface area contributed by atoms with Crippen LogP contribution in [0.5, 0.6) is 0 Å². The van der Waals surface area contributed by atoms with Crippen LogP contribution < -0.4 is 0 Å². The Labute approximate surface area is 184 Å². The number of nitrogens with zero attached hydrogens (tertiary/aromatic N) is 3. The Hall–Kier alpha value is -1.96. The molecule has 4 atom stereocenters. The number of allylic oxidation sites excluding steroid dienone is 4. The summed E-state index contributed by atoms with van der Waals surface area (Å²) in [5.41, 5.74) is 0. The van der Waals surface area contributed by atoms with E-state index in [1.165, 1.54) is 9.80 Å². The summed E-state index contributed by atoms with van der Waals surface area (Å²) < 4.78 is 0. The molecule has 0 aromatic carbocycles. The Morgan fingerprint density at radius 1 is 0.833 bits per heavy atom. The monoisotopic (exact) mass is 451 g/mol. The summed E-state index contributed by atoms with van der Waals surface area (Å²) in [6.07, 6.45) is 6.85. The van der Waals surface area contributed by atoms with Gasteiger partial charge in [0.2, 0.25) is 23.6 Å². The number of amides is 4. The molecule has 160 valence electrons. The highest BCUT2D eigenvalue weighted by molar-refractivity contribution is 6.30. The molecule has 0 saturated carbocycles. The Bertz CT molecular complexity index is 817. The molecule has 0 radical (unpaired) electrons. The van der Waals surface area contributed by atoms with Crippen molar-refractivity contribution in [1.29, 1.82) is 0 Å². The maximum absolute atomic E-state index is 12.8. The number of rotatable bonds is 6. The highest BCUT2D eigenvalue weighted by Crippen LogP contribution is 2.40. The van der Waals surface area contributed by atoms with Gasteiger partial charge in [-0.15, -0.1) is 6.58 Å². The molecule has 9 heteroatoms. The minimum Gasteiger partial charge on any atom is -0.274 e. The molecule has 0 bridgehead atoms. The Morgan fingerprint density at radius 3 is 1.63 bits per heavy atom. The smallest absolute Gasteiger partial charge is 0.234 e. The van der Waals surface area contributed by atoms with Gasteiger partial charge in [0.15, 0.2) is 0 Å². The predicted molar refractivity (Wildman–Crippen MR) is 111 cm³/mol. The molecule has 2 heterocycles. The fraction of sp³-hybridized carbons (Fsp3) is 0.524. The summed E-state index contributed by atoms with van der Waals surface area (Å²) in [4.78, 5) is 55.5. The predicted octanol–water partition coefficient (Wildman–Crippen LogP) is 2.42. The highest BCUT2D eigenvalue weighted by atomic mass is 35.5. The molecule has 0 aromatic rings. The van der Waals surface area contributed by atoms with Gasteiger partial charge >= 0.3 is 0 Å². The molecule has 2 aliphatic carbocycles. The summed E-state index contributed by atoms with van der Waals surface area (Å²) in [6, 6.07) is 0. The van der Waals surface area contributed by atoms with E-state index in [9.17, 15) is 19.2 Å². The van der Waals surface area contributed by atoms with Crippen LogP contribution in [-0.4, -0.2) is 58.2 Å². The number of imide groups is 2. The lowest BCUT2D eigenvalue weighted by atomic mass is 9.85.